The van der Waals surface area contributed by atoms with Crippen LogP contribution in [-0.2, 0) is 9.59 Å². The van der Waals surface area contributed by atoms with Gasteiger partial charge in [-0.25, -0.2) is 9.59 Å². The summed E-state index contributed by atoms with van der Waals surface area (Å²) in [6, 6.07) is 0. The van der Waals surface area contributed by atoms with Crippen LogP contribution in [0.15, 0.2) is 11.1 Å². The van der Waals surface area contributed by atoms with E-state index >= 15 is 0 Å². The van der Waals surface area contributed by atoms with Crippen LogP contribution >= 0.6 is 0 Å². The molecule has 0 aromatic carbocycles. The third-order valence-electron chi connectivity index (χ3n) is 3.34. The maximum absolute atomic E-state index is 11.3. The molecular formula is C13H20O4. The first-order valence-corrected chi connectivity index (χ1v) is 6.15. The molecule has 0 bridgehead atoms. The second-order valence-electron chi connectivity index (χ2n) is 4.93. The lowest BCUT2D eigenvalue weighted by Gasteiger charge is -2.24. The van der Waals surface area contributed by atoms with Crippen LogP contribution in [0.1, 0.15) is 46.0 Å². The van der Waals surface area contributed by atoms with Gasteiger partial charge in [0.25, 0.3) is 0 Å². The summed E-state index contributed by atoms with van der Waals surface area (Å²) in [4.78, 5) is 22.5. The van der Waals surface area contributed by atoms with Crippen molar-refractivity contribution in [3.05, 3.63) is 11.1 Å². The van der Waals surface area contributed by atoms with Gasteiger partial charge in [0.15, 0.2) is 0 Å². The molecule has 2 N–H and O–H groups in total. The van der Waals surface area contributed by atoms with E-state index in [0.717, 1.165) is 32.1 Å². The molecule has 0 atom stereocenters. The lowest BCUT2D eigenvalue weighted by Crippen LogP contribution is -2.23. The Labute approximate surface area is 101 Å². The van der Waals surface area contributed by atoms with Crippen LogP contribution in [0, 0.1) is 11.8 Å². The van der Waals surface area contributed by atoms with Crippen LogP contribution < -0.4 is 0 Å². The Kier molecular flexibility index (Phi) is 4.73. The Morgan fingerprint density at radius 3 is 1.88 bits per heavy atom. The highest BCUT2D eigenvalue weighted by atomic mass is 16.4. The van der Waals surface area contributed by atoms with Gasteiger partial charge in [-0.05, 0) is 24.7 Å². The molecule has 1 aliphatic carbocycles. The Balaban J connectivity index is 3.15. The highest BCUT2D eigenvalue weighted by Gasteiger charge is 2.30. The molecule has 17 heavy (non-hydrogen) atoms. The Bertz CT molecular complexity index is 335. The molecule has 1 saturated carbocycles. The number of carboxylic acids is 2. The quantitative estimate of drug-likeness (QED) is 0.741. The van der Waals surface area contributed by atoms with Crippen LogP contribution in [0.3, 0.4) is 0 Å². The van der Waals surface area contributed by atoms with Gasteiger partial charge in [-0.1, -0.05) is 33.1 Å². The van der Waals surface area contributed by atoms with Crippen LogP contribution in [0.5, 0.6) is 0 Å². The topological polar surface area (TPSA) is 74.6 Å². The maximum Gasteiger partial charge on any atom is 0.332 e. The first-order valence-electron chi connectivity index (χ1n) is 6.15. The fraction of sp³-hybridized carbons (Fsp3) is 0.692. The van der Waals surface area contributed by atoms with Crippen molar-refractivity contribution in [1.82, 2.24) is 0 Å². The smallest absolute Gasteiger partial charge is 0.332 e. The molecule has 0 aliphatic heterocycles. The summed E-state index contributed by atoms with van der Waals surface area (Å²) in [6.07, 6.45) is 4.70. The monoisotopic (exact) mass is 240 g/mol. The van der Waals surface area contributed by atoms with Gasteiger partial charge in [0.2, 0.25) is 0 Å². The van der Waals surface area contributed by atoms with E-state index in [-0.39, 0.29) is 23.0 Å². The van der Waals surface area contributed by atoms with E-state index in [4.69, 9.17) is 0 Å². The second-order valence-corrected chi connectivity index (χ2v) is 4.93. The molecule has 0 saturated heterocycles. The standard InChI is InChI=1S/C13H20O4/c1-8(2)10(12(14)15)11(13(16)17)9-6-4-3-5-7-9/h8-9H,3-7H2,1-2H3,(H,14,15)(H,16,17)/b11-10-. The molecule has 0 radical (unpaired) electrons. The Morgan fingerprint density at radius 2 is 1.53 bits per heavy atom. The predicted octanol–water partition coefficient (Wildman–Crippen LogP) is 2.69. The van der Waals surface area contributed by atoms with Crippen molar-refractivity contribution < 1.29 is 19.8 Å². The average molecular weight is 240 g/mol. The second kappa shape index (κ2) is 5.84. The van der Waals surface area contributed by atoms with Gasteiger partial charge in [0.05, 0.1) is 11.1 Å². The molecule has 0 unspecified atom stereocenters. The first-order chi connectivity index (χ1) is 7.95. The van der Waals surface area contributed by atoms with Gasteiger partial charge >= 0.3 is 11.9 Å². The van der Waals surface area contributed by atoms with Gasteiger partial charge in [0.1, 0.15) is 0 Å². The highest BCUT2D eigenvalue weighted by Crippen LogP contribution is 2.33. The third-order valence-corrected chi connectivity index (χ3v) is 3.34. The fourth-order valence-electron chi connectivity index (χ4n) is 2.57. The summed E-state index contributed by atoms with van der Waals surface area (Å²) < 4.78 is 0. The summed E-state index contributed by atoms with van der Waals surface area (Å²) in [5.74, 6) is -2.51. The summed E-state index contributed by atoms with van der Waals surface area (Å²) in [5, 5.41) is 18.4. The summed E-state index contributed by atoms with van der Waals surface area (Å²) >= 11 is 0. The first kappa shape index (κ1) is 13.7. The van der Waals surface area contributed by atoms with Gasteiger partial charge in [-0.3, -0.25) is 0 Å². The molecule has 1 fully saturated rings. The van der Waals surface area contributed by atoms with Crippen molar-refractivity contribution in [3.63, 3.8) is 0 Å². The number of carbonyl (C=O) groups is 2. The lowest BCUT2D eigenvalue weighted by atomic mass is 9.80. The zero-order valence-electron chi connectivity index (χ0n) is 10.4. The molecule has 0 spiro atoms. The van der Waals surface area contributed by atoms with E-state index in [0.29, 0.717) is 0 Å². The van der Waals surface area contributed by atoms with Gasteiger partial charge in [0, 0.05) is 0 Å². The van der Waals surface area contributed by atoms with Crippen molar-refractivity contribution in [1.29, 1.82) is 0 Å². The van der Waals surface area contributed by atoms with Crippen LogP contribution in [-0.4, -0.2) is 22.2 Å². The Hall–Kier alpha value is -1.32. The van der Waals surface area contributed by atoms with E-state index in [1.165, 1.54) is 0 Å². The van der Waals surface area contributed by atoms with E-state index < -0.39 is 11.9 Å². The summed E-state index contributed by atoms with van der Waals surface area (Å²) in [6.45, 7) is 3.46. The van der Waals surface area contributed by atoms with Crippen molar-refractivity contribution in [2.24, 2.45) is 11.8 Å². The zero-order chi connectivity index (χ0) is 13.0. The molecule has 96 valence electrons. The SMILES string of the molecule is CC(C)/C(C(=O)O)=C(/C(=O)O)C1CCCCC1. The number of rotatable bonds is 4. The lowest BCUT2D eigenvalue weighted by molar-refractivity contribution is -0.137. The molecule has 4 nitrogen and oxygen atoms in total. The van der Waals surface area contributed by atoms with Crippen LogP contribution in [0.4, 0.5) is 0 Å². The van der Waals surface area contributed by atoms with Crippen molar-refractivity contribution in [2.75, 3.05) is 0 Å². The minimum atomic E-state index is -1.09. The van der Waals surface area contributed by atoms with E-state index in [9.17, 15) is 19.8 Å². The molecule has 1 aliphatic rings. The fourth-order valence-corrected chi connectivity index (χ4v) is 2.57. The third kappa shape index (κ3) is 3.32. The predicted molar refractivity (Wildman–Crippen MR) is 63.7 cm³/mol. The number of aliphatic carboxylic acids is 2. The molecule has 0 amide bonds. The van der Waals surface area contributed by atoms with Crippen molar-refractivity contribution >= 4 is 11.9 Å². The average Bonchev–Trinajstić information content (AvgIpc) is 2.25. The molecule has 4 heteroatoms. The summed E-state index contributed by atoms with van der Waals surface area (Å²) in [7, 11) is 0. The van der Waals surface area contributed by atoms with Crippen LogP contribution in [0.25, 0.3) is 0 Å². The van der Waals surface area contributed by atoms with Gasteiger partial charge < -0.3 is 10.2 Å². The minimum Gasteiger partial charge on any atom is -0.478 e. The largest absolute Gasteiger partial charge is 0.478 e. The molecule has 0 aromatic heterocycles. The van der Waals surface area contributed by atoms with Crippen molar-refractivity contribution in [3.8, 4) is 0 Å². The molecule has 0 heterocycles. The molecule has 0 aromatic rings. The Morgan fingerprint density at radius 1 is 1.00 bits per heavy atom. The van der Waals surface area contributed by atoms with E-state index in [1.54, 1.807) is 13.8 Å². The maximum atomic E-state index is 11.3. The number of hydrogen-bond acceptors (Lipinski definition) is 2. The molecule has 1 rings (SSSR count). The highest BCUT2D eigenvalue weighted by molar-refractivity contribution is 5.99. The van der Waals surface area contributed by atoms with E-state index in [1.807, 2.05) is 0 Å². The minimum absolute atomic E-state index is 0.0735. The summed E-state index contributed by atoms with van der Waals surface area (Å²) in [5.41, 5.74) is 0.205. The normalized spacial score (nSPS) is 19.0. The zero-order valence-corrected chi connectivity index (χ0v) is 10.4. The molecular weight excluding hydrogens is 220 g/mol. The van der Waals surface area contributed by atoms with Crippen molar-refractivity contribution in [2.45, 2.75) is 46.0 Å². The van der Waals surface area contributed by atoms with E-state index in [2.05, 4.69) is 0 Å². The number of carboxylic acid groups (broad SMARTS) is 2. The van der Waals surface area contributed by atoms with Gasteiger partial charge in [-0.2, -0.15) is 0 Å². The van der Waals surface area contributed by atoms with Gasteiger partial charge in [-0.15, -0.1) is 0 Å². The number of hydrogen-bond donors (Lipinski definition) is 2. The van der Waals surface area contributed by atoms with Crippen LogP contribution in [0.2, 0.25) is 0 Å².